The van der Waals surface area contributed by atoms with Crippen molar-refractivity contribution in [1.29, 1.82) is 5.26 Å². The maximum absolute atomic E-state index is 13.4. The number of nitrogens with zero attached hydrogens (tertiary/aromatic N) is 2. The second-order valence-corrected chi connectivity index (χ2v) is 8.54. The van der Waals surface area contributed by atoms with Gasteiger partial charge < -0.3 is 20.3 Å². The number of ether oxygens (including phenoxy) is 1. The molecule has 178 valence electrons. The third-order valence-corrected chi connectivity index (χ3v) is 5.88. The van der Waals surface area contributed by atoms with Crippen molar-refractivity contribution in [2.45, 2.75) is 32.6 Å². The smallest absolute Gasteiger partial charge is 0.336 e. The number of halogens is 1. The summed E-state index contributed by atoms with van der Waals surface area (Å²) in [5, 5.41) is 15.5. The summed E-state index contributed by atoms with van der Waals surface area (Å²) in [5.74, 6) is -1.46. The Morgan fingerprint density at radius 2 is 2.06 bits per heavy atom. The highest BCUT2D eigenvalue weighted by atomic mass is 35.5. The molecule has 0 saturated carbocycles. The molecule has 2 aliphatic heterocycles. The lowest BCUT2D eigenvalue weighted by molar-refractivity contribution is -0.139. The van der Waals surface area contributed by atoms with Crippen LogP contribution in [-0.2, 0) is 14.3 Å². The maximum atomic E-state index is 13.4. The Morgan fingerprint density at radius 1 is 1.26 bits per heavy atom. The first-order valence-electron chi connectivity index (χ1n) is 11.3. The Morgan fingerprint density at radius 3 is 2.76 bits per heavy atom. The SMILES string of the molecule is CC1=C(C(=O)NCCCN2C=CC=CC2)C(c2cccc(Cl)c2)C(C(=O)OCCC#N)=C(C)N1. The van der Waals surface area contributed by atoms with Gasteiger partial charge in [-0.15, -0.1) is 0 Å². The molecule has 0 saturated heterocycles. The normalized spacial score (nSPS) is 17.4. The van der Waals surface area contributed by atoms with Gasteiger partial charge >= 0.3 is 5.97 Å². The molecule has 34 heavy (non-hydrogen) atoms. The van der Waals surface area contributed by atoms with E-state index in [1.54, 1.807) is 25.1 Å². The van der Waals surface area contributed by atoms with Gasteiger partial charge in [-0.25, -0.2) is 4.79 Å². The average Bonchev–Trinajstić information content (AvgIpc) is 2.82. The molecule has 0 spiro atoms. The highest BCUT2D eigenvalue weighted by Gasteiger charge is 2.37. The summed E-state index contributed by atoms with van der Waals surface area (Å²) in [6.07, 6.45) is 9.00. The monoisotopic (exact) mass is 480 g/mol. The van der Waals surface area contributed by atoms with Crippen LogP contribution in [0.5, 0.6) is 0 Å². The third-order valence-electron chi connectivity index (χ3n) is 5.65. The van der Waals surface area contributed by atoms with Gasteiger partial charge in [-0.2, -0.15) is 5.26 Å². The topological polar surface area (TPSA) is 94.5 Å². The van der Waals surface area contributed by atoms with Crippen LogP contribution in [0.15, 0.2) is 71.2 Å². The van der Waals surface area contributed by atoms with E-state index in [1.165, 1.54) is 0 Å². The predicted octanol–water partition coefficient (Wildman–Crippen LogP) is 3.92. The quantitative estimate of drug-likeness (QED) is 0.411. The van der Waals surface area contributed by atoms with Crippen LogP contribution in [0.1, 0.15) is 38.2 Å². The van der Waals surface area contributed by atoms with Gasteiger partial charge in [0.15, 0.2) is 0 Å². The summed E-state index contributed by atoms with van der Waals surface area (Å²) in [6, 6.07) is 9.09. The molecule has 0 fully saturated rings. The molecule has 2 heterocycles. The van der Waals surface area contributed by atoms with Crippen LogP contribution in [0.3, 0.4) is 0 Å². The summed E-state index contributed by atoms with van der Waals surface area (Å²) in [4.78, 5) is 28.6. The van der Waals surface area contributed by atoms with Gasteiger partial charge in [0.2, 0.25) is 5.91 Å². The summed E-state index contributed by atoms with van der Waals surface area (Å²) in [7, 11) is 0. The number of rotatable bonds is 9. The highest BCUT2D eigenvalue weighted by molar-refractivity contribution is 6.30. The minimum Gasteiger partial charge on any atom is -0.461 e. The summed E-state index contributed by atoms with van der Waals surface area (Å²) in [6.45, 7) is 5.76. The zero-order valence-corrected chi connectivity index (χ0v) is 20.2. The Kier molecular flexibility index (Phi) is 8.94. The first-order valence-corrected chi connectivity index (χ1v) is 11.6. The van der Waals surface area contributed by atoms with Gasteiger partial charge in [0, 0.05) is 41.6 Å². The second-order valence-electron chi connectivity index (χ2n) is 8.11. The molecule has 8 heteroatoms. The van der Waals surface area contributed by atoms with Gasteiger partial charge in [0.05, 0.1) is 24.0 Å². The van der Waals surface area contributed by atoms with Crippen LogP contribution in [0, 0.1) is 11.3 Å². The van der Waals surface area contributed by atoms with Crippen molar-refractivity contribution >= 4 is 23.5 Å². The van der Waals surface area contributed by atoms with E-state index in [2.05, 4.69) is 21.6 Å². The van der Waals surface area contributed by atoms with E-state index in [1.807, 2.05) is 37.4 Å². The van der Waals surface area contributed by atoms with Crippen molar-refractivity contribution in [3.05, 3.63) is 81.8 Å². The summed E-state index contributed by atoms with van der Waals surface area (Å²) >= 11 is 6.25. The first kappa shape index (κ1) is 25.1. The van der Waals surface area contributed by atoms with Crippen LogP contribution in [-0.4, -0.2) is 43.0 Å². The number of hydrogen-bond donors (Lipinski definition) is 2. The maximum Gasteiger partial charge on any atom is 0.336 e. The van der Waals surface area contributed by atoms with Gasteiger partial charge in [0.25, 0.3) is 0 Å². The zero-order valence-electron chi connectivity index (χ0n) is 19.4. The number of allylic oxidation sites excluding steroid dienone is 4. The fraction of sp³-hybridized carbons (Fsp3) is 0.346. The van der Waals surface area contributed by atoms with Gasteiger partial charge in [-0.3, -0.25) is 4.79 Å². The number of benzene rings is 1. The zero-order chi connectivity index (χ0) is 24.5. The van der Waals surface area contributed by atoms with Gasteiger partial charge in [-0.05, 0) is 50.2 Å². The molecule has 2 N–H and O–H groups in total. The van der Waals surface area contributed by atoms with E-state index >= 15 is 0 Å². The molecule has 0 radical (unpaired) electrons. The van der Waals surface area contributed by atoms with Crippen molar-refractivity contribution < 1.29 is 14.3 Å². The molecule has 3 rings (SSSR count). The molecular formula is C26H29ClN4O3. The molecule has 0 aliphatic carbocycles. The van der Waals surface area contributed by atoms with E-state index < -0.39 is 11.9 Å². The second kappa shape index (κ2) is 12.1. The van der Waals surface area contributed by atoms with Crippen LogP contribution in [0.2, 0.25) is 5.02 Å². The molecule has 1 aromatic carbocycles. The Labute approximate surface area is 205 Å². The number of nitrogens with one attached hydrogen (secondary N) is 2. The van der Waals surface area contributed by atoms with Crippen molar-refractivity contribution in [3.8, 4) is 6.07 Å². The minimum absolute atomic E-state index is 0.0151. The third kappa shape index (κ3) is 6.30. The fourth-order valence-electron chi connectivity index (χ4n) is 4.10. The van der Waals surface area contributed by atoms with Crippen LogP contribution in [0.4, 0.5) is 0 Å². The Bertz CT molecular complexity index is 1100. The van der Waals surface area contributed by atoms with E-state index in [4.69, 9.17) is 21.6 Å². The molecule has 2 aliphatic rings. The number of esters is 1. The predicted molar refractivity (Wildman–Crippen MR) is 131 cm³/mol. The van der Waals surface area contributed by atoms with Crippen LogP contribution < -0.4 is 10.6 Å². The van der Waals surface area contributed by atoms with E-state index in [9.17, 15) is 9.59 Å². The van der Waals surface area contributed by atoms with Gasteiger partial charge in [-0.1, -0.05) is 35.9 Å². The summed E-state index contributed by atoms with van der Waals surface area (Å²) in [5.41, 5.74) is 2.76. The molecule has 1 amide bonds. The molecule has 1 atom stereocenters. The molecule has 7 nitrogen and oxygen atoms in total. The molecule has 1 aromatic rings. The number of dihydropyridines is 1. The lowest BCUT2D eigenvalue weighted by Crippen LogP contribution is -2.37. The number of nitriles is 1. The standard InChI is InChI=1S/C26H29ClN4O3/c1-18-22(25(32)29-12-8-15-31-13-4-3-5-14-31)24(20-9-6-10-21(27)17-20)23(19(2)30-18)26(33)34-16-7-11-28/h3-6,9-10,13,17,24,30H,7-8,12,14-16H2,1-2H3,(H,29,32). The number of hydrogen-bond acceptors (Lipinski definition) is 6. The van der Waals surface area contributed by atoms with Crippen molar-refractivity contribution in [2.75, 3.05) is 26.2 Å². The minimum atomic E-state index is -0.648. The number of carbonyl (C=O) groups excluding carboxylic acids is 2. The van der Waals surface area contributed by atoms with Crippen molar-refractivity contribution in [3.63, 3.8) is 0 Å². The first-order chi connectivity index (χ1) is 16.4. The van der Waals surface area contributed by atoms with Crippen molar-refractivity contribution in [2.24, 2.45) is 0 Å². The Balaban J connectivity index is 1.81. The van der Waals surface area contributed by atoms with Crippen LogP contribution in [0.25, 0.3) is 0 Å². The fourth-order valence-corrected chi connectivity index (χ4v) is 4.30. The van der Waals surface area contributed by atoms with Crippen molar-refractivity contribution in [1.82, 2.24) is 15.5 Å². The lowest BCUT2D eigenvalue weighted by Gasteiger charge is -2.31. The van der Waals surface area contributed by atoms with Gasteiger partial charge in [0.1, 0.15) is 6.61 Å². The molecular weight excluding hydrogens is 452 g/mol. The largest absolute Gasteiger partial charge is 0.461 e. The lowest BCUT2D eigenvalue weighted by atomic mass is 9.80. The number of amides is 1. The molecule has 0 aromatic heterocycles. The summed E-state index contributed by atoms with van der Waals surface area (Å²) < 4.78 is 5.34. The highest BCUT2D eigenvalue weighted by Crippen LogP contribution is 2.39. The van der Waals surface area contributed by atoms with E-state index in [0.717, 1.165) is 25.1 Å². The average molecular weight is 481 g/mol. The van der Waals surface area contributed by atoms with E-state index in [0.29, 0.717) is 34.1 Å². The molecule has 0 bridgehead atoms. The van der Waals surface area contributed by atoms with Crippen LogP contribution >= 0.6 is 11.6 Å². The van der Waals surface area contributed by atoms with E-state index in [-0.39, 0.29) is 18.9 Å². The number of carbonyl (C=O) groups is 2. The molecule has 1 unspecified atom stereocenters. The Hall–Kier alpha value is -3.50.